The molecule has 1 aliphatic heterocycles. The van der Waals surface area contributed by atoms with E-state index in [1.165, 1.54) is 0 Å². The van der Waals surface area contributed by atoms with Crippen LogP contribution in [-0.4, -0.2) is 46.3 Å². The molecule has 0 bridgehead atoms. The summed E-state index contributed by atoms with van der Waals surface area (Å²) in [5, 5.41) is 7.96. The maximum atomic E-state index is 12.1. The Kier molecular flexibility index (Phi) is 4.01. The molecule has 2 heterocycles. The zero-order valence-electron chi connectivity index (χ0n) is 10.9. The van der Waals surface area contributed by atoms with E-state index in [0.29, 0.717) is 19.5 Å². The van der Waals surface area contributed by atoms with E-state index in [4.69, 9.17) is 0 Å². The fraction of sp³-hybridized carbons (Fsp3) is 0.818. The fourth-order valence-corrected chi connectivity index (χ4v) is 4.04. The molecule has 6 nitrogen and oxygen atoms in total. The van der Waals surface area contributed by atoms with Crippen molar-refractivity contribution in [1.82, 2.24) is 19.1 Å². The lowest BCUT2D eigenvalue weighted by atomic mass is 9.99. The first-order chi connectivity index (χ1) is 8.54. The van der Waals surface area contributed by atoms with Crippen LogP contribution in [0.25, 0.3) is 0 Å². The van der Waals surface area contributed by atoms with Crippen LogP contribution in [0.5, 0.6) is 0 Å². The van der Waals surface area contributed by atoms with E-state index in [1.807, 2.05) is 18.5 Å². The van der Waals surface area contributed by atoms with Crippen LogP contribution in [-0.2, 0) is 17.1 Å². The molecule has 0 aliphatic carbocycles. The molecule has 18 heavy (non-hydrogen) atoms. The van der Waals surface area contributed by atoms with E-state index in [0.717, 1.165) is 18.7 Å². The van der Waals surface area contributed by atoms with Gasteiger partial charge in [-0.1, -0.05) is 6.92 Å². The lowest BCUT2D eigenvalue weighted by molar-refractivity contribution is 0.306. The molecule has 1 aromatic rings. The summed E-state index contributed by atoms with van der Waals surface area (Å²) >= 11 is 0. The molecule has 0 aromatic carbocycles. The van der Waals surface area contributed by atoms with Gasteiger partial charge in [0.2, 0.25) is 10.0 Å². The standard InChI is InChI=1S/C11H20N4O2S/c1-3-7-18(16,17)15-6-4-5-10(8-15)11-13-12-9-14(11)2/h9-10H,3-8H2,1-2H3. The highest BCUT2D eigenvalue weighted by molar-refractivity contribution is 7.89. The first-order valence-corrected chi connectivity index (χ1v) is 7.97. The Morgan fingerprint density at radius 3 is 2.89 bits per heavy atom. The van der Waals surface area contributed by atoms with Gasteiger partial charge in [-0.15, -0.1) is 10.2 Å². The number of hydrogen-bond acceptors (Lipinski definition) is 4. The molecular weight excluding hydrogens is 252 g/mol. The number of piperidine rings is 1. The monoisotopic (exact) mass is 272 g/mol. The van der Waals surface area contributed by atoms with Crippen LogP contribution in [0, 0.1) is 0 Å². The molecule has 1 saturated heterocycles. The van der Waals surface area contributed by atoms with Gasteiger partial charge >= 0.3 is 0 Å². The third-order valence-electron chi connectivity index (χ3n) is 3.35. The van der Waals surface area contributed by atoms with Crippen LogP contribution in [0.3, 0.4) is 0 Å². The molecule has 0 spiro atoms. The number of rotatable bonds is 4. The Morgan fingerprint density at radius 1 is 1.50 bits per heavy atom. The maximum Gasteiger partial charge on any atom is 0.214 e. The molecule has 1 fully saturated rings. The van der Waals surface area contributed by atoms with Gasteiger partial charge in [-0.3, -0.25) is 0 Å². The summed E-state index contributed by atoms with van der Waals surface area (Å²) < 4.78 is 27.6. The Morgan fingerprint density at radius 2 is 2.28 bits per heavy atom. The topological polar surface area (TPSA) is 68.1 Å². The van der Waals surface area contributed by atoms with Crippen LogP contribution < -0.4 is 0 Å². The van der Waals surface area contributed by atoms with Crippen molar-refractivity contribution in [3.8, 4) is 0 Å². The Balaban J connectivity index is 2.12. The van der Waals surface area contributed by atoms with Crippen LogP contribution in [0.2, 0.25) is 0 Å². The molecule has 1 aliphatic rings. The van der Waals surface area contributed by atoms with Crippen LogP contribution in [0.15, 0.2) is 6.33 Å². The van der Waals surface area contributed by atoms with Crippen molar-refractivity contribution in [2.45, 2.75) is 32.1 Å². The third kappa shape index (κ3) is 2.72. The van der Waals surface area contributed by atoms with Gasteiger partial charge < -0.3 is 4.57 Å². The van der Waals surface area contributed by atoms with Crippen molar-refractivity contribution in [3.05, 3.63) is 12.2 Å². The average molecular weight is 272 g/mol. The molecule has 0 N–H and O–H groups in total. The smallest absolute Gasteiger partial charge is 0.214 e. The minimum Gasteiger partial charge on any atom is -0.320 e. The van der Waals surface area contributed by atoms with E-state index in [-0.39, 0.29) is 11.7 Å². The largest absolute Gasteiger partial charge is 0.320 e. The highest BCUT2D eigenvalue weighted by Crippen LogP contribution is 2.26. The second-order valence-corrected chi connectivity index (χ2v) is 6.90. The lowest BCUT2D eigenvalue weighted by Crippen LogP contribution is -2.40. The third-order valence-corrected chi connectivity index (χ3v) is 5.39. The van der Waals surface area contributed by atoms with Crippen molar-refractivity contribution < 1.29 is 8.42 Å². The van der Waals surface area contributed by atoms with Crippen molar-refractivity contribution in [1.29, 1.82) is 0 Å². The fourth-order valence-electron chi connectivity index (χ4n) is 2.45. The molecular formula is C11H20N4O2S. The van der Waals surface area contributed by atoms with Gasteiger partial charge in [0.05, 0.1) is 5.75 Å². The quantitative estimate of drug-likeness (QED) is 0.810. The van der Waals surface area contributed by atoms with Crippen LogP contribution in [0.1, 0.15) is 37.9 Å². The van der Waals surface area contributed by atoms with Crippen molar-refractivity contribution in [3.63, 3.8) is 0 Å². The lowest BCUT2D eigenvalue weighted by Gasteiger charge is -2.31. The van der Waals surface area contributed by atoms with Crippen LogP contribution in [0.4, 0.5) is 0 Å². The molecule has 1 unspecified atom stereocenters. The Labute approximate surface area is 108 Å². The molecule has 102 valence electrons. The molecule has 0 saturated carbocycles. The average Bonchev–Trinajstić information content (AvgIpc) is 2.76. The highest BCUT2D eigenvalue weighted by atomic mass is 32.2. The summed E-state index contributed by atoms with van der Waals surface area (Å²) in [6.45, 7) is 3.06. The van der Waals surface area contributed by atoms with Gasteiger partial charge in [0.25, 0.3) is 0 Å². The number of sulfonamides is 1. The Bertz CT molecular complexity index is 497. The summed E-state index contributed by atoms with van der Waals surface area (Å²) in [5.74, 6) is 1.28. The van der Waals surface area contributed by atoms with Gasteiger partial charge in [0.1, 0.15) is 12.2 Å². The van der Waals surface area contributed by atoms with Gasteiger partial charge in [-0.25, -0.2) is 12.7 Å². The van der Waals surface area contributed by atoms with E-state index in [2.05, 4.69) is 10.2 Å². The SMILES string of the molecule is CCCS(=O)(=O)N1CCCC(c2nncn2C)C1. The number of nitrogens with zero attached hydrogens (tertiary/aromatic N) is 4. The number of aryl methyl sites for hydroxylation is 1. The molecule has 1 atom stereocenters. The molecule has 7 heteroatoms. The van der Waals surface area contributed by atoms with Gasteiger partial charge in [0.15, 0.2) is 0 Å². The minimum atomic E-state index is -3.09. The highest BCUT2D eigenvalue weighted by Gasteiger charge is 2.30. The van der Waals surface area contributed by atoms with Crippen molar-refractivity contribution in [2.75, 3.05) is 18.8 Å². The summed E-state index contributed by atoms with van der Waals surface area (Å²) in [4.78, 5) is 0. The summed E-state index contributed by atoms with van der Waals surface area (Å²) in [6, 6.07) is 0. The van der Waals surface area contributed by atoms with Crippen LogP contribution >= 0.6 is 0 Å². The van der Waals surface area contributed by atoms with Gasteiger partial charge in [0, 0.05) is 26.1 Å². The van der Waals surface area contributed by atoms with Crippen molar-refractivity contribution in [2.24, 2.45) is 7.05 Å². The predicted octanol–water partition coefficient (Wildman–Crippen LogP) is 0.734. The van der Waals surface area contributed by atoms with E-state index < -0.39 is 10.0 Å². The minimum absolute atomic E-state index is 0.165. The first-order valence-electron chi connectivity index (χ1n) is 6.36. The second-order valence-electron chi connectivity index (χ2n) is 4.81. The van der Waals surface area contributed by atoms with Gasteiger partial charge in [-0.2, -0.15) is 0 Å². The summed E-state index contributed by atoms with van der Waals surface area (Å²) in [6.07, 6.45) is 4.19. The summed E-state index contributed by atoms with van der Waals surface area (Å²) in [5.41, 5.74) is 0. The predicted molar refractivity (Wildman–Crippen MR) is 68.6 cm³/mol. The maximum absolute atomic E-state index is 12.1. The van der Waals surface area contributed by atoms with E-state index in [9.17, 15) is 8.42 Å². The molecule has 0 amide bonds. The number of hydrogen-bond donors (Lipinski definition) is 0. The number of aromatic nitrogens is 3. The summed E-state index contributed by atoms with van der Waals surface area (Å²) in [7, 11) is -1.20. The molecule has 1 aromatic heterocycles. The molecule has 2 rings (SSSR count). The van der Waals surface area contributed by atoms with Crippen molar-refractivity contribution >= 4 is 10.0 Å². The normalized spacial score (nSPS) is 22.2. The first kappa shape index (κ1) is 13.5. The molecule has 0 radical (unpaired) electrons. The Hall–Kier alpha value is -0.950. The van der Waals surface area contributed by atoms with E-state index >= 15 is 0 Å². The zero-order chi connectivity index (χ0) is 13.2. The second kappa shape index (κ2) is 5.36. The zero-order valence-corrected chi connectivity index (χ0v) is 11.7. The van der Waals surface area contributed by atoms with E-state index in [1.54, 1.807) is 10.6 Å². The van der Waals surface area contributed by atoms with Gasteiger partial charge in [-0.05, 0) is 19.3 Å².